The molecule has 0 radical (unpaired) electrons. The van der Waals surface area contributed by atoms with Crippen molar-refractivity contribution in [3.8, 4) is 0 Å². The van der Waals surface area contributed by atoms with Crippen LogP contribution in [0.2, 0.25) is 0 Å². The van der Waals surface area contributed by atoms with Crippen molar-refractivity contribution in [2.24, 2.45) is 0 Å². The highest BCUT2D eigenvalue weighted by Crippen LogP contribution is 2.48. The fraction of sp³-hybridized carbons (Fsp3) is 0.385. The minimum atomic E-state index is -1.95. The van der Waals surface area contributed by atoms with Gasteiger partial charge in [-0.25, -0.2) is 19.0 Å². The Morgan fingerprint density at radius 2 is 2.11 bits per heavy atom. The lowest BCUT2D eigenvalue weighted by atomic mass is 9.81. The van der Waals surface area contributed by atoms with Crippen molar-refractivity contribution < 1.29 is 33.7 Å². The second-order valence-corrected chi connectivity index (χ2v) is 9.69. The fourth-order valence-electron chi connectivity index (χ4n) is 5.97. The highest BCUT2D eigenvalue weighted by atomic mass is 19.1. The number of nitrogens with one attached hydrogen (secondary N) is 1. The second kappa shape index (κ2) is 7.68. The normalized spacial score (nSPS) is 24.3. The summed E-state index contributed by atoms with van der Waals surface area (Å²) in [4.78, 5) is 43.8. The summed E-state index contributed by atoms with van der Waals surface area (Å²) in [5.41, 5.74) is 3.08. The largest absolute Gasteiger partial charge is 0.387 e. The van der Waals surface area contributed by atoms with E-state index in [4.69, 9.17) is 9.72 Å². The lowest BCUT2D eigenvalue weighted by Gasteiger charge is -2.36. The molecule has 6 rings (SSSR count). The van der Waals surface area contributed by atoms with Gasteiger partial charge >= 0.3 is 11.9 Å². The number of fused-ring (bicyclic) bond motifs is 4. The molecular formula is C26H24FN3O6. The third-order valence-electron chi connectivity index (χ3n) is 7.87. The van der Waals surface area contributed by atoms with Gasteiger partial charge in [-0.05, 0) is 49.0 Å². The van der Waals surface area contributed by atoms with E-state index in [-0.39, 0.29) is 29.9 Å². The lowest BCUT2D eigenvalue weighted by Crippen LogP contribution is -2.49. The molecule has 0 saturated heterocycles. The number of hydrogen-bond donors (Lipinski definition) is 3. The number of aryl methyl sites for hydroxylation is 1. The predicted octanol–water partition coefficient (Wildman–Crippen LogP) is 1.47. The van der Waals surface area contributed by atoms with Gasteiger partial charge in [-0.1, -0.05) is 6.92 Å². The molecule has 3 N–H and O–H groups in total. The molecule has 0 bridgehead atoms. The molecule has 0 unspecified atom stereocenters. The molecule has 186 valence electrons. The van der Waals surface area contributed by atoms with E-state index in [0.717, 1.165) is 22.1 Å². The van der Waals surface area contributed by atoms with Crippen LogP contribution in [0, 0.1) is 12.7 Å². The summed E-state index contributed by atoms with van der Waals surface area (Å²) >= 11 is 0. The van der Waals surface area contributed by atoms with E-state index in [2.05, 4.69) is 5.32 Å². The van der Waals surface area contributed by atoms with Gasteiger partial charge in [0.1, 0.15) is 12.4 Å². The summed E-state index contributed by atoms with van der Waals surface area (Å²) in [7, 11) is 0. The molecule has 36 heavy (non-hydrogen) atoms. The number of aromatic nitrogens is 1. The summed E-state index contributed by atoms with van der Waals surface area (Å²) in [5, 5.41) is 24.1. The minimum Gasteiger partial charge on any atom is -0.387 e. The summed E-state index contributed by atoms with van der Waals surface area (Å²) in [6, 6.07) is 0.972. The maximum absolute atomic E-state index is 14.9. The van der Waals surface area contributed by atoms with Crippen molar-refractivity contribution in [2.45, 2.75) is 51.3 Å². The van der Waals surface area contributed by atoms with Crippen LogP contribution in [0.5, 0.6) is 0 Å². The third-order valence-corrected chi connectivity index (χ3v) is 7.87. The first-order chi connectivity index (χ1) is 17.2. The molecule has 2 aromatic rings. The van der Waals surface area contributed by atoms with Crippen LogP contribution >= 0.6 is 0 Å². The third kappa shape index (κ3) is 2.94. The predicted molar refractivity (Wildman–Crippen MR) is 124 cm³/mol. The summed E-state index contributed by atoms with van der Waals surface area (Å²) in [5.74, 6) is -2.67. The van der Waals surface area contributed by atoms with E-state index < -0.39 is 36.1 Å². The summed E-state index contributed by atoms with van der Waals surface area (Å²) in [6.07, 6.45) is 2.70. The molecule has 1 aromatic heterocycles. The number of amides is 1. The molecule has 1 aliphatic carbocycles. The smallest absolute Gasteiger partial charge is 0.350 e. The Bertz CT molecular complexity index is 1480. The molecule has 4 aliphatic rings. The van der Waals surface area contributed by atoms with E-state index in [1.54, 1.807) is 19.9 Å². The van der Waals surface area contributed by atoms with Gasteiger partial charge in [-0.15, -0.1) is 0 Å². The number of rotatable bonds is 3. The number of carbonyl (C=O) groups is 3. The van der Waals surface area contributed by atoms with Crippen molar-refractivity contribution in [1.82, 2.24) is 15.2 Å². The topological polar surface area (TPSA) is 129 Å². The summed E-state index contributed by atoms with van der Waals surface area (Å²) in [6.45, 7) is 3.18. The van der Waals surface area contributed by atoms with E-state index >= 15 is 0 Å². The van der Waals surface area contributed by atoms with Crippen molar-refractivity contribution in [1.29, 1.82) is 0 Å². The van der Waals surface area contributed by atoms with E-state index in [1.807, 2.05) is 4.90 Å². The molecule has 2 atom stereocenters. The number of ether oxygens (including phenoxy) is 1. The number of benzene rings is 1. The first-order valence-corrected chi connectivity index (χ1v) is 11.9. The molecule has 10 heteroatoms. The van der Waals surface area contributed by atoms with Crippen molar-refractivity contribution in [3.05, 3.63) is 57.1 Å². The monoisotopic (exact) mass is 493 g/mol. The van der Waals surface area contributed by atoms with Crippen LogP contribution in [0.25, 0.3) is 16.6 Å². The van der Waals surface area contributed by atoms with Crippen molar-refractivity contribution in [2.75, 3.05) is 13.2 Å². The lowest BCUT2D eigenvalue weighted by molar-refractivity contribution is -0.172. The molecular weight excluding hydrogens is 469 g/mol. The molecule has 3 aliphatic heterocycles. The molecule has 4 heterocycles. The number of pyridine rings is 1. The zero-order valence-electron chi connectivity index (χ0n) is 19.8. The Kier molecular flexibility index (Phi) is 4.87. The molecule has 1 aromatic carbocycles. The molecule has 0 spiro atoms. The second-order valence-electron chi connectivity index (χ2n) is 9.69. The number of esters is 2. The Morgan fingerprint density at radius 3 is 2.83 bits per heavy atom. The van der Waals surface area contributed by atoms with Gasteiger partial charge in [0.2, 0.25) is 5.91 Å². The van der Waals surface area contributed by atoms with Crippen LogP contribution in [0.3, 0.4) is 0 Å². The highest BCUT2D eigenvalue weighted by Gasteiger charge is 2.50. The van der Waals surface area contributed by atoms with E-state index in [9.17, 15) is 29.0 Å². The number of aliphatic hydroxyl groups excluding tert-OH is 1. The average molecular weight is 493 g/mol. The van der Waals surface area contributed by atoms with Gasteiger partial charge in [0.25, 0.3) is 0 Å². The number of cyclic esters (lactones) is 2. The Hall–Kier alpha value is -3.63. The van der Waals surface area contributed by atoms with Gasteiger partial charge in [0.15, 0.2) is 5.60 Å². The Morgan fingerprint density at radius 1 is 1.33 bits per heavy atom. The van der Waals surface area contributed by atoms with Crippen molar-refractivity contribution >= 4 is 34.4 Å². The van der Waals surface area contributed by atoms with E-state index in [1.165, 1.54) is 6.07 Å². The zero-order chi connectivity index (χ0) is 25.5. The average Bonchev–Trinajstić information content (AvgIpc) is 3.22. The molecule has 0 saturated carbocycles. The molecule has 1 amide bonds. The number of hydrogen-bond acceptors (Lipinski definition) is 8. The Balaban J connectivity index is 1.60. The van der Waals surface area contributed by atoms with Gasteiger partial charge in [-0.2, -0.15) is 0 Å². The summed E-state index contributed by atoms with van der Waals surface area (Å²) < 4.78 is 19.7. The standard InChI is InChI=1S/C26H24FN3O6/c1-3-26(35)15-6-19-23-14(9-30(19)8-13(15)24(33)36-25(26)34)22-17(28-20(32)10-31)5-4-12-11(2)16(27)7-18(29-23)21(12)22/h6-7,17,31,35H,3-5,8-10H2,1-2H3,(H,28,32)/t17-,26-/m0/s1. The first kappa shape index (κ1) is 22.8. The maximum atomic E-state index is 14.9. The molecule has 9 nitrogen and oxygen atoms in total. The van der Waals surface area contributed by atoms with Gasteiger partial charge in [0.05, 0.1) is 35.1 Å². The van der Waals surface area contributed by atoms with Gasteiger partial charge in [0, 0.05) is 29.1 Å². The molecule has 0 fully saturated rings. The van der Waals surface area contributed by atoms with E-state index in [0.29, 0.717) is 41.9 Å². The number of carbonyl (C=O) groups excluding carboxylic acids is 3. The number of halogens is 1. The van der Waals surface area contributed by atoms with Gasteiger partial charge < -0.3 is 25.2 Å². The minimum absolute atomic E-state index is 0.0219. The van der Waals surface area contributed by atoms with Crippen LogP contribution in [-0.4, -0.2) is 56.7 Å². The maximum Gasteiger partial charge on any atom is 0.350 e. The van der Waals surface area contributed by atoms with Crippen molar-refractivity contribution in [3.63, 3.8) is 0 Å². The quantitative estimate of drug-likeness (QED) is 0.433. The fourth-order valence-corrected chi connectivity index (χ4v) is 5.97. The number of aliphatic hydroxyl groups is 2. The zero-order valence-corrected chi connectivity index (χ0v) is 19.8. The highest BCUT2D eigenvalue weighted by molar-refractivity contribution is 6.07. The first-order valence-electron chi connectivity index (χ1n) is 11.9. The van der Waals surface area contributed by atoms with Crippen LogP contribution in [0.15, 0.2) is 23.3 Å². The van der Waals surface area contributed by atoms with Crippen LogP contribution in [0.1, 0.15) is 53.8 Å². The number of nitrogens with zero attached hydrogens (tertiary/aromatic N) is 2. The van der Waals surface area contributed by atoms with Crippen LogP contribution in [-0.2, 0) is 32.1 Å². The van der Waals surface area contributed by atoms with Gasteiger partial charge in [-0.3, -0.25) is 4.79 Å². The van der Waals surface area contributed by atoms with Crippen LogP contribution in [0.4, 0.5) is 4.39 Å². The Labute approximate surface area is 205 Å². The van der Waals surface area contributed by atoms with Crippen LogP contribution < -0.4 is 5.32 Å². The SMILES string of the molecule is CC[C@@]1(O)C(=O)OC(=O)C2=C1C=C1c3nc4cc(F)c(C)c5c4c(c3CN1C2)[C@@H](NC(=O)CO)CC5.